The summed E-state index contributed by atoms with van der Waals surface area (Å²) in [5, 5.41) is 0. The second-order valence-corrected chi connectivity index (χ2v) is 8.30. The van der Waals surface area contributed by atoms with Crippen LogP contribution in [0, 0.1) is 0 Å². The van der Waals surface area contributed by atoms with Gasteiger partial charge in [-0.2, -0.15) is 0 Å². The third-order valence-corrected chi connectivity index (χ3v) is 5.33. The zero-order chi connectivity index (χ0) is 19.2. The Morgan fingerprint density at radius 1 is 0.889 bits per heavy atom. The van der Waals surface area contributed by atoms with Gasteiger partial charge in [-0.25, -0.2) is 0 Å². The van der Waals surface area contributed by atoms with E-state index in [-0.39, 0.29) is 5.60 Å². The average Bonchev–Trinajstić information content (AvgIpc) is 3.42. The van der Waals surface area contributed by atoms with Gasteiger partial charge in [-0.3, -0.25) is 0 Å². The summed E-state index contributed by atoms with van der Waals surface area (Å²) in [5.74, 6) is 0.948. The lowest BCUT2D eigenvalue weighted by molar-refractivity contribution is 0.202. The third-order valence-electron chi connectivity index (χ3n) is 5.33. The maximum Gasteiger partial charge on any atom is 0.123 e. The van der Waals surface area contributed by atoms with Crippen molar-refractivity contribution in [1.82, 2.24) is 0 Å². The van der Waals surface area contributed by atoms with Crippen molar-refractivity contribution < 1.29 is 9.47 Å². The highest BCUT2D eigenvalue weighted by molar-refractivity contribution is 5.27. The van der Waals surface area contributed by atoms with Crippen molar-refractivity contribution in [1.29, 1.82) is 0 Å². The number of hydrogen-bond acceptors (Lipinski definition) is 2. The van der Waals surface area contributed by atoms with Crippen LogP contribution in [0.3, 0.4) is 0 Å². The van der Waals surface area contributed by atoms with E-state index >= 15 is 0 Å². The van der Waals surface area contributed by atoms with Gasteiger partial charge in [0.2, 0.25) is 0 Å². The van der Waals surface area contributed by atoms with Crippen LogP contribution in [-0.2, 0) is 11.2 Å². The highest BCUT2D eigenvalue weighted by Crippen LogP contribution is 2.27. The number of rotatable bonds is 16. The molecule has 1 fully saturated rings. The molecule has 2 nitrogen and oxygen atoms in total. The van der Waals surface area contributed by atoms with Crippen LogP contribution >= 0.6 is 0 Å². The number of unbranched alkanes of at least 4 members (excludes halogenated alkanes) is 9. The van der Waals surface area contributed by atoms with Crippen molar-refractivity contribution >= 4 is 0 Å². The average molecular weight is 373 g/mol. The predicted molar refractivity (Wildman–Crippen MR) is 116 cm³/mol. The van der Waals surface area contributed by atoms with Crippen molar-refractivity contribution in [3.8, 4) is 5.75 Å². The van der Waals surface area contributed by atoms with Gasteiger partial charge in [0.05, 0.1) is 6.61 Å². The van der Waals surface area contributed by atoms with Crippen molar-refractivity contribution in [3.05, 3.63) is 42.0 Å². The first-order valence-electron chi connectivity index (χ1n) is 11.2. The SMILES string of the molecule is CCCCCCCCC/C=C/CCCCc1ccc(OCC2(C)CO2)cc1. The summed E-state index contributed by atoms with van der Waals surface area (Å²) in [6.07, 6.45) is 20.8. The van der Waals surface area contributed by atoms with Crippen molar-refractivity contribution in [2.75, 3.05) is 13.2 Å². The van der Waals surface area contributed by atoms with Gasteiger partial charge < -0.3 is 9.47 Å². The summed E-state index contributed by atoms with van der Waals surface area (Å²) in [4.78, 5) is 0. The maximum absolute atomic E-state index is 5.78. The Labute approximate surface area is 167 Å². The van der Waals surface area contributed by atoms with Crippen molar-refractivity contribution in [2.24, 2.45) is 0 Å². The lowest BCUT2D eigenvalue weighted by Gasteiger charge is -2.09. The first kappa shape index (κ1) is 22.0. The molecule has 1 atom stereocenters. The van der Waals surface area contributed by atoms with E-state index in [2.05, 4.69) is 50.3 Å². The fourth-order valence-corrected chi connectivity index (χ4v) is 3.24. The Morgan fingerprint density at radius 2 is 1.48 bits per heavy atom. The van der Waals surface area contributed by atoms with Crippen LogP contribution in [0.5, 0.6) is 5.75 Å². The number of aryl methyl sites for hydroxylation is 1. The molecule has 0 radical (unpaired) electrons. The van der Waals surface area contributed by atoms with Gasteiger partial charge in [-0.15, -0.1) is 0 Å². The largest absolute Gasteiger partial charge is 0.491 e. The minimum Gasteiger partial charge on any atom is -0.491 e. The first-order valence-corrected chi connectivity index (χ1v) is 11.2. The molecule has 0 amide bonds. The Balaban J connectivity index is 1.42. The number of epoxide rings is 1. The van der Waals surface area contributed by atoms with Gasteiger partial charge in [0.25, 0.3) is 0 Å². The standard InChI is InChI=1S/C25H40O2/c1-3-4-5-6-7-8-9-10-11-12-13-14-15-16-23-17-19-24(20-18-23)26-21-25(2)22-27-25/h11-12,17-20H,3-10,13-16,21-22H2,1-2H3/b12-11+. The molecule has 1 aliphatic rings. The topological polar surface area (TPSA) is 21.8 Å². The second kappa shape index (κ2) is 13.0. The molecular formula is C25H40O2. The lowest BCUT2D eigenvalue weighted by Crippen LogP contribution is -2.16. The first-order chi connectivity index (χ1) is 13.2. The molecule has 1 saturated heterocycles. The van der Waals surface area contributed by atoms with E-state index in [0.717, 1.165) is 18.8 Å². The number of allylic oxidation sites excluding steroid dienone is 2. The third kappa shape index (κ3) is 10.6. The minimum absolute atomic E-state index is 0.0409. The molecule has 1 aliphatic heterocycles. The number of benzene rings is 1. The molecule has 1 aromatic carbocycles. The monoisotopic (exact) mass is 372 g/mol. The summed E-state index contributed by atoms with van der Waals surface area (Å²) in [7, 11) is 0. The molecule has 0 spiro atoms. The van der Waals surface area contributed by atoms with Crippen LogP contribution in [0.25, 0.3) is 0 Å². The fraction of sp³-hybridized carbons (Fsp3) is 0.680. The summed E-state index contributed by atoms with van der Waals surface area (Å²) in [6.45, 7) is 5.84. The Kier molecular flexibility index (Phi) is 10.6. The van der Waals surface area contributed by atoms with Crippen LogP contribution in [0.4, 0.5) is 0 Å². The zero-order valence-electron chi connectivity index (χ0n) is 17.7. The predicted octanol–water partition coefficient (Wildman–Crippen LogP) is 7.26. The molecule has 27 heavy (non-hydrogen) atoms. The van der Waals surface area contributed by atoms with E-state index < -0.39 is 0 Å². The van der Waals surface area contributed by atoms with Crippen LogP contribution in [0.1, 0.15) is 90.0 Å². The van der Waals surface area contributed by atoms with E-state index in [1.807, 2.05) is 0 Å². The summed E-state index contributed by atoms with van der Waals surface area (Å²) in [6, 6.07) is 8.57. The normalized spacial score (nSPS) is 18.9. The summed E-state index contributed by atoms with van der Waals surface area (Å²) < 4.78 is 11.1. The maximum atomic E-state index is 5.78. The van der Waals surface area contributed by atoms with Crippen LogP contribution < -0.4 is 4.74 Å². The molecule has 152 valence electrons. The second-order valence-electron chi connectivity index (χ2n) is 8.30. The highest BCUT2D eigenvalue weighted by Gasteiger charge is 2.40. The van der Waals surface area contributed by atoms with Gasteiger partial charge in [0.1, 0.15) is 18.0 Å². The van der Waals surface area contributed by atoms with E-state index in [9.17, 15) is 0 Å². The Morgan fingerprint density at radius 3 is 2.11 bits per heavy atom. The quantitative estimate of drug-likeness (QED) is 0.173. The number of ether oxygens (including phenoxy) is 2. The molecular weight excluding hydrogens is 332 g/mol. The summed E-state index contributed by atoms with van der Waals surface area (Å²) >= 11 is 0. The fourth-order valence-electron chi connectivity index (χ4n) is 3.24. The number of hydrogen-bond donors (Lipinski definition) is 0. The van der Waals surface area contributed by atoms with E-state index in [4.69, 9.17) is 9.47 Å². The molecule has 0 aromatic heterocycles. The molecule has 2 rings (SSSR count). The molecule has 1 aromatic rings. The van der Waals surface area contributed by atoms with Crippen LogP contribution in [0.2, 0.25) is 0 Å². The highest BCUT2D eigenvalue weighted by atomic mass is 16.6. The molecule has 0 bridgehead atoms. The zero-order valence-corrected chi connectivity index (χ0v) is 17.7. The van der Waals surface area contributed by atoms with Gasteiger partial charge in [0.15, 0.2) is 0 Å². The molecule has 2 heteroatoms. The Bertz CT molecular complexity index is 514. The molecule has 0 N–H and O–H groups in total. The molecule has 0 saturated carbocycles. The van der Waals surface area contributed by atoms with E-state index in [0.29, 0.717) is 6.61 Å². The van der Waals surface area contributed by atoms with Crippen LogP contribution in [-0.4, -0.2) is 18.8 Å². The van der Waals surface area contributed by atoms with Crippen molar-refractivity contribution in [2.45, 2.75) is 96.5 Å². The lowest BCUT2D eigenvalue weighted by atomic mass is 10.1. The molecule has 0 aliphatic carbocycles. The smallest absolute Gasteiger partial charge is 0.123 e. The molecule has 1 heterocycles. The van der Waals surface area contributed by atoms with Gasteiger partial charge >= 0.3 is 0 Å². The van der Waals surface area contributed by atoms with Gasteiger partial charge in [-0.05, 0) is 63.1 Å². The van der Waals surface area contributed by atoms with E-state index in [1.165, 1.54) is 76.2 Å². The van der Waals surface area contributed by atoms with E-state index in [1.54, 1.807) is 0 Å². The van der Waals surface area contributed by atoms with Crippen molar-refractivity contribution in [3.63, 3.8) is 0 Å². The summed E-state index contributed by atoms with van der Waals surface area (Å²) in [5.41, 5.74) is 1.36. The minimum atomic E-state index is -0.0409. The van der Waals surface area contributed by atoms with Gasteiger partial charge in [0, 0.05) is 0 Å². The van der Waals surface area contributed by atoms with Gasteiger partial charge in [-0.1, -0.05) is 69.7 Å². The molecule has 1 unspecified atom stereocenters. The van der Waals surface area contributed by atoms with Crippen LogP contribution in [0.15, 0.2) is 36.4 Å². The Hall–Kier alpha value is -1.28.